The molecule has 1 heterocycles. The van der Waals surface area contributed by atoms with Gasteiger partial charge in [-0.3, -0.25) is 4.98 Å². The average Bonchev–Trinajstić information content (AvgIpc) is 2.44. The highest BCUT2D eigenvalue weighted by atomic mass is 35.5. The lowest BCUT2D eigenvalue weighted by Gasteiger charge is -2.13. The summed E-state index contributed by atoms with van der Waals surface area (Å²) in [5.41, 5.74) is 1.64. The minimum atomic E-state index is -0.377. The number of hydrogen-bond acceptors (Lipinski definition) is 3. The number of pyridine rings is 1. The van der Waals surface area contributed by atoms with E-state index in [2.05, 4.69) is 10.3 Å². The van der Waals surface area contributed by atoms with Crippen molar-refractivity contribution in [3.63, 3.8) is 0 Å². The van der Waals surface area contributed by atoms with Crippen LogP contribution in [0.5, 0.6) is 5.75 Å². The predicted octanol–water partition coefficient (Wildman–Crippen LogP) is 3.56. The molecule has 0 saturated carbocycles. The highest BCUT2D eigenvalue weighted by Gasteiger charge is 2.08. The summed E-state index contributed by atoms with van der Waals surface area (Å²) in [4.78, 5) is 3.79. The summed E-state index contributed by atoms with van der Waals surface area (Å²) in [6.07, 6.45) is 2.74. The SMILES string of the molecule is CCNCc1cccc(Cl)c1OCc1cncc(F)c1. The molecular weight excluding hydrogens is 279 g/mol. The van der Waals surface area contributed by atoms with Crippen LogP contribution < -0.4 is 10.1 Å². The number of nitrogens with zero attached hydrogens (tertiary/aromatic N) is 1. The Balaban J connectivity index is 2.11. The highest BCUT2D eigenvalue weighted by molar-refractivity contribution is 6.32. The molecule has 0 saturated heterocycles. The molecule has 0 amide bonds. The predicted molar refractivity (Wildman–Crippen MR) is 77.4 cm³/mol. The molecule has 2 aromatic rings. The van der Waals surface area contributed by atoms with Crippen molar-refractivity contribution < 1.29 is 9.13 Å². The van der Waals surface area contributed by atoms with Crippen molar-refractivity contribution in [1.29, 1.82) is 0 Å². The van der Waals surface area contributed by atoms with Gasteiger partial charge in [0, 0.05) is 23.9 Å². The van der Waals surface area contributed by atoms with Crippen LogP contribution in [0.3, 0.4) is 0 Å². The van der Waals surface area contributed by atoms with Gasteiger partial charge < -0.3 is 10.1 Å². The van der Waals surface area contributed by atoms with Crippen LogP contribution in [0, 0.1) is 5.82 Å². The molecule has 0 aliphatic heterocycles. The minimum Gasteiger partial charge on any atom is -0.487 e. The molecule has 1 N–H and O–H groups in total. The summed E-state index contributed by atoms with van der Waals surface area (Å²) < 4.78 is 18.8. The van der Waals surface area contributed by atoms with Crippen LogP contribution in [0.2, 0.25) is 5.02 Å². The molecule has 0 bridgehead atoms. The summed E-state index contributed by atoms with van der Waals surface area (Å²) in [7, 11) is 0. The summed E-state index contributed by atoms with van der Waals surface area (Å²) in [5, 5.41) is 3.77. The molecule has 0 radical (unpaired) electrons. The van der Waals surface area contributed by atoms with Gasteiger partial charge >= 0.3 is 0 Å². The number of rotatable bonds is 6. The molecule has 3 nitrogen and oxygen atoms in total. The van der Waals surface area contributed by atoms with E-state index in [-0.39, 0.29) is 12.4 Å². The van der Waals surface area contributed by atoms with Gasteiger partial charge in [-0.2, -0.15) is 0 Å². The maximum atomic E-state index is 13.1. The van der Waals surface area contributed by atoms with E-state index < -0.39 is 0 Å². The van der Waals surface area contributed by atoms with Gasteiger partial charge in [0.2, 0.25) is 0 Å². The third kappa shape index (κ3) is 3.92. The van der Waals surface area contributed by atoms with Crippen LogP contribution in [0.25, 0.3) is 0 Å². The largest absolute Gasteiger partial charge is 0.487 e. The molecule has 2 rings (SSSR count). The Morgan fingerprint density at radius 2 is 2.20 bits per heavy atom. The fourth-order valence-corrected chi connectivity index (χ4v) is 2.05. The van der Waals surface area contributed by atoms with Crippen molar-refractivity contribution in [3.05, 3.63) is 58.6 Å². The van der Waals surface area contributed by atoms with Gasteiger partial charge in [0.25, 0.3) is 0 Å². The number of para-hydroxylation sites is 1. The van der Waals surface area contributed by atoms with Crippen molar-refractivity contribution in [3.8, 4) is 5.75 Å². The Bertz CT molecular complexity index is 578. The molecule has 5 heteroatoms. The van der Waals surface area contributed by atoms with Gasteiger partial charge in [-0.05, 0) is 18.7 Å². The van der Waals surface area contributed by atoms with Gasteiger partial charge in [0.05, 0.1) is 11.2 Å². The van der Waals surface area contributed by atoms with Crippen LogP contribution in [-0.4, -0.2) is 11.5 Å². The van der Waals surface area contributed by atoms with E-state index in [4.69, 9.17) is 16.3 Å². The summed E-state index contributed by atoms with van der Waals surface area (Å²) >= 11 is 6.16. The zero-order chi connectivity index (χ0) is 14.4. The number of halogens is 2. The van der Waals surface area contributed by atoms with E-state index in [0.717, 1.165) is 18.3 Å². The fraction of sp³-hybridized carbons (Fsp3) is 0.267. The lowest BCUT2D eigenvalue weighted by Crippen LogP contribution is -2.13. The van der Waals surface area contributed by atoms with Crippen LogP contribution >= 0.6 is 11.6 Å². The lowest BCUT2D eigenvalue weighted by molar-refractivity contribution is 0.301. The first-order valence-corrected chi connectivity index (χ1v) is 6.79. The average molecular weight is 295 g/mol. The van der Waals surface area contributed by atoms with Gasteiger partial charge in [0.1, 0.15) is 18.2 Å². The third-order valence-electron chi connectivity index (χ3n) is 2.76. The molecule has 0 unspecified atom stereocenters. The second-order valence-corrected chi connectivity index (χ2v) is 4.72. The fourth-order valence-electron chi connectivity index (χ4n) is 1.80. The van der Waals surface area contributed by atoms with Crippen LogP contribution in [0.15, 0.2) is 36.7 Å². The topological polar surface area (TPSA) is 34.1 Å². The van der Waals surface area contributed by atoms with Gasteiger partial charge in [-0.1, -0.05) is 30.7 Å². The first kappa shape index (κ1) is 14.8. The zero-order valence-electron chi connectivity index (χ0n) is 11.2. The molecule has 0 aliphatic rings. The van der Waals surface area contributed by atoms with Crippen molar-refractivity contribution in [2.75, 3.05) is 6.54 Å². The van der Waals surface area contributed by atoms with E-state index in [9.17, 15) is 4.39 Å². The van der Waals surface area contributed by atoms with Gasteiger partial charge in [-0.15, -0.1) is 0 Å². The van der Waals surface area contributed by atoms with Crippen molar-refractivity contribution in [2.45, 2.75) is 20.1 Å². The van der Waals surface area contributed by atoms with Gasteiger partial charge in [-0.25, -0.2) is 4.39 Å². The third-order valence-corrected chi connectivity index (χ3v) is 3.06. The number of aromatic nitrogens is 1. The van der Waals surface area contributed by atoms with Gasteiger partial charge in [0.15, 0.2) is 0 Å². The normalized spacial score (nSPS) is 10.6. The zero-order valence-corrected chi connectivity index (χ0v) is 12.0. The number of ether oxygens (including phenoxy) is 1. The maximum Gasteiger partial charge on any atom is 0.142 e. The summed E-state index contributed by atoms with van der Waals surface area (Å²) in [5.74, 6) is 0.248. The Kier molecular flexibility index (Phi) is 5.32. The molecule has 0 fully saturated rings. The minimum absolute atomic E-state index is 0.230. The molecule has 1 aromatic heterocycles. The van der Waals surface area contributed by atoms with Crippen LogP contribution in [0.1, 0.15) is 18.1 Å². The van der Waals surface area contributed by atoms with E-state index in [0.29, 0.717) is 22.9 Å². The second-order valence-electron chi connectivity index (χ2n) is 4.31. The molecular formula is C15H16ClFN2O. The van der Waals surface area contributed by atoms with Crippen molar-refractivity contribution >= 4 is 11.6 Å². The van der Waals surface area contributed by atoms with Crippen molar-refractivity contribution in [1.82, 2.24) is 10.3 Å². The van der Waals surface area contributed by atoms with E-state index in [1.54, 1.807) is 12.3 Å². The molecule has 0 spiro atoms. The van der Waals surface area contributed by atoms with Crippen LogP contribution in [-0.2, 0) is 13.2 Å². The van der Waals surface area contributed by atoms with E-state index in [1.807, 2.05) is 19.1 Å². The Morgan fingerprint density at radius 1 is 1.35 bits per heavy atom. The Labute approximate surface area is 122 Å². The number of benzene rings is 1. The first-order chi connectivity index (χ1) is 9.70. The van der Waals surface area contributed by atoms with E-state index >= 15 is 0 Å². The Morgan fingerprint density at radius 3 is 2.95 bits per heavy atom. The molecule has 0 aliphatic carbocycles. The molecule has 106 valence electrons. The highest BCUT2D eigenvalue weighted by Crippen LogP contribution is 2.29. The second kappa shape index (κ2) is 7.22. The van der Waals surface area contributed by atoms with E-state index in [1.165, 1.54) is 6.07 Å². The summed E-state index contributed by atoms with van der Waals surface area (Å²) in [6, 6.07) is 7.00. The lowest BCUT2D eigenvalue weighted by atomic mass is 10.2. The first-order valence-electron chi connectivity index (χ1n) is 6.41. The van der Waals surface area contributed by atoms with Crippen LogP contribution in [0.4, 0.5) is 4.39 Å². The standard InChI is InChI=1S/C15H16ClFN2O/c1-2-18-8-12-4-3-5-14(16)15(12)20-10-11-6-13(17)9-19-7-11/h3-7,9,18H,2,8,10H2,1H3. The number of hydrogen-bond donors (Lipinski definition) is 1. The monoisotopic (exact) mass is 294 g/mol. The smallest absolute Gasteiger partial charge is 0.142 e. The summed E-state index contributed by atoms with van der Waals surface area (Å²) in [6.45, 7) is 3.80. The molecule has 20 heavy (non-hydrogen) atoms. The number of nitrogens with one attached hydrogen (secondary N) is 1. The quantitative estimate of drug-likeness (QED) is 0.884. The molecule has 1 aromatic carbocycles. The maximum absolute atomic E-state index is 13.1. The Hall–Kier alpha value is -1.65. The molecule has 0 atom stereocenters. The van der Waals surface area contributed by atoms with Crippen molar-refractivity contribution in [2.24, 2.45) is 0 Å².